The Labute approximate surface area is 159 Å². The predicted octanol–water partition coefficient (Wildman–Crippen LogP) is 1.85. The minimum Gasteiger partial charge on any atom is -0.507 e. The monoisotopic (exact) mass is 372 g/mol. The number of hydrogen-bond donors (Lipinski definition) is 2. The molecule has 1 aromatic carbocycles. The lowest BCUT2D eigenvalue weighted by Crippen LogP contribution is -2.49. The molecule has 0 bridgehead atoms. The van der Waals surface area contributed by atoms with Crippen LogP contribution in [0.2, 0.25) is 0 Å². The average Bonchev–Trinajstić information content (AvgIpc) is 2.64. The maximum atomic E-state index is 10.2. The molecular weight excluding hydrogens is 348 g/mol. The maximum Gasteiger partial charge on any atom is 0.189 e. The highest BCUT2D eigenvalue weighted by Crippen LogP contribution is 2.18. The summed E-state index contributed by atoms with van der Waals surface area (Å²) >= 11 is 5.46. The zero-order valence-electron chi connectivity index (χ0n) is 15.1. The normalized spacial score (nSPS) is 16.8. The van der Waals surface area contributed by atoms with Crippen molar-refractivity contribution >= 4 is 35.5 Å². The summed E-state index contributed by atoms with van der Waals surface area (Å²) in [7, 11) is 2.09. The van der Waals surface area contributed by atoms with Crippen LogP contribution in [0.1, 0.15) is 12.5 Å². The number of rotatable bonds is 5. The van der Waals surface area contributed by atoms with Crippen molar-refractivity contribution in [3.63, 3.8) is 0 Å². The lowest BCUT2D eigenvalue weighted by molar-refractivity contribution is 0.214. The van der Waals surface area contributed by atoms with Crippen LogP contribution < -0.4 is 5.43 Å². The number of nitrogens with zero attached hydrogens (tertiary/aromatic N) is 5. The van der Waals surface area contributed by atoms with Gasteiger partial charge in [0, 0.05) is 38.5 Å². The molecule has 2 rings (SSSR count). The Kier molecular flexibility index (Phi) is 7.43. The number of benzene rings is 1. The summed E-state index contributed by atoms with van der Waals surface area (Å²) in [5.74, 6) is 0.0971. The van der Waals surface area contributed by atoms with Crippen LogP contribution in [0.3, 0.4) is 0 Å². The topological polar surface area (TPSA) is 75.8 Å². The fourth-order valence-corrected chi connectivity index (χ4v) is 2.74. The van der Waals surface area contributed by atoms with E-state index in [1.807, 2.05) is 19.1 Å². The second-order valence-electron chi connectivity index (χ2n) is 5.81. The number of hydrogen-bond acceptors (Lipinski definition) is 6. The SMILES string of the molecule is C=N/N=C(\C=C/C)C(=N\NC(=S)N1CCN(C)CC1)/c1ccccc1O. The smallest absolute Gasteiger partial charge is 0.189 e. The largest absolute Gasteiger partial charge is 0.507 e. The highest BCUT2D eigenvalue weighted by atomic mass is 32.1. The molecule has 1 fully saturated rings. The Balaban J connectivity index is 2.30. The van der Waals surface area contributed by atoms with Gasteiger partial charge in [0.2, 0.25) is 0 Å². The van der Waals surface area contributed by atoms with Gasteiger partial charge in [-0.1, -0.05) is 18.2 Å². The first-order valence-electron chi connectivity index (χ1n) is 8.33. The Morgan fingerprint density at radius 2 is 1.96 bits per heavy atom. The van der Waals surface area contributed by atoms with E-state index < -0.39 is 0 Å². The van der Waals surface area contributed by atoms with E-state index >= 15 is 0 Å². The van der Waals surface area contributed by atoms with Crippen LogP contribution in [0, 0.1) is 0 Å². The third kappa shape index (κ3) is 5.21. The van der Waals surface area contributed by atoms with Crippen LogP contribution in [0.5, 0.6) is 5.75 Å². The standard InChI is InChI=1S/C18H24N6OS/c1-4-7-15(20-19-2)17(14-8-5-6-9-16(14)25)21-22-18(26)24-12-10-23(3)11-13-24/h4-9,25H,2,10-13H2,1,3H3,(H,22,26)/b7-4-,20-15+,21-17-. The van der Waals surface area contributed by atoms with Crippen LogP contribution in [-0.4, -0.2) is 71.4 Å². The summed E-state index contributed by atoms with van der Waals surface area (Å²) < 4.78 is 0. The molecule has 8 heteroatoms. The summed E-state index contributed by atoms with van der Waals surface area (Å²) in [4.78, 5) is 4.32. The Bertz CT molecular complexity index is 735. The first-order valence-corrected chi connectivity index (χ1v) is 8.74. The molecule has 7 nitrogen and oxygen atoms in total. The molecule has 1 aliphatic heterocycles. The van der Waals surface area contributed by atoms with Gasteiger partial charge < -0.3 is 14.9 Å². The van der Waals surface area contributed by atoms with Crippen molar-refractivity contribution in [3.05, 3.63) is 42.0 Å². The third-order valence-electron chi connectivity index (χ3n) is 3.96. The molecule has 0 atom stereocenters. The Hall–Kier alpha value is -2.58. The van der Waals surface area contributed by atoms with E-state index in [1.165, 1.54) is 0 Å². The van der Waals surface area contributed by atoms with Gasteiger partial charge in [-0.25, -0.2) is 0 Å². The summed E-state index contributed by atoms with van der Waals surface area (Å²) in [6.07, 6.45) is 3.57. The molecule has 0 radical (unpaired) electrons. The van der Waals surface area contributed by atoms with E-state index in [9.17, 15) is 5.11 Å². The van der Waals surface area contributed by atoms with Gasteiger partial charge in [0.1, 0.15) is 17.2 Å². The van der Waals surface area contributed by atoms with Crippen LogP contribution in [0.4, 0.5) is 0 Å². The number of para-hydroxylation sites is 1. The number of phenolic OH excluding ortho intramolecular Hbond substituents is 1. The highest BCUT2D eigenvalue weighted by Gasteiger charge is 2.18. The van der Waals surface area contributed by atoms with Gasteiger partial charge in [-0.3, -0.25) is 5.43 Å². The van der Waals surface area contributed by atoms with Gasteiger partial charge in [0.15, 0.2) is 5.11 Å². The molecule has 0 unspecified atom stereocenters. The van der Waals surface area contributed by atoms with Crippen LogP contribution >= 0.6 is 12.2 Å². The van der Waals surface area contributed by atoms with Crippen LogP contribution in [-0.2, 0) is 0 Å². The molecular formula is C18H24N6OS. The fraction of sp³-hybridized carbons (Fsp3) is 0.333. The number of hydrazone groups is 1. The molecule has 1 aromatic rings. The maximum absolute atomic E-state index is 10.2. The first kappa shape index (κ1) is 19.7. The summed E-state index contributed by atoms with van der Waals surface area (Å²) in [6.45, 7) is 8.85. The molecule has 26 heavy (non-hydrogen) atoms. The molecule has 0 aliphatic carbocycles. The predicted molar refractivity (Wildman–Crippen MR) is 111 cm³/mol. The van der Waals surface area contributed by atoms with Gasteiger partial charge >= 0.3 is 0 Å². The number of nitrogens with one attached hydrogen (secondary N) is 1. The van der Waals surface area contributed by atoms with Crippen LogP contribution in [0.25, 0.3) is 0 Å². The molecule has 0 amide bonds. The van der Waals surface area contributed by atoms with Crippen molar-refractivity contribution in [2.24, 2.45) is 15.3 Å². The Morgan fingerprint density at radius 3 is 2.58 bits per heavy atom. The number of thiocarbonyl (C=S) groups is 1. The zero-order valence-corrected chi connectivity index (χ0v) is 15.9. The minimum absolute atomic E-state index is 0.0971. The van der Waals surface area contributed by atoms with E-state index in [1.54, 1.807) is 24.3 Å². The minimum atomic E-state index is 0.0971. The van der Waals surface area contributed by atoms with Crippen LogP contribution in [0.15, 0.2) is 51.7 Å². The highest BCUT2D eigenvalue weighted by molar-refractivity contribution is 7.80. The molecule has 138 valence electrons. The van der Waals surface area contributed by atoms with E-state index in [2.05, 4.69) is 44.3 Å². The van der Waals surface area contributed by atoms with Gasteiger partial charge in [-0.2, -0.15) is 10.2 Å². The molecule has 0 spiro atoms. The number of piperazine rings is 1. The average molecular weight is 372 g/mol. The first-order chi connectivity index (χ1) is 12.6. The lowest BCUT2D eigenvalue weighted by atomic mass is 10.0. The number of phenols is 1. The molecule has 1 saturated heterocycles. The number of aromatic hydroxyl groups is 1. The summed E-state index contributed by atoms with van der Waals surface area (Å²) in [5.41, 5.74) is 4.36. The van der Waals surface area contributed by atoms with E-state index in [0.29, 0.717) is 22.1 Å². The van der Waals surface area contributed by atoms with Crippen molar-refractivity contribution in [1.82, 2.24) is 15.2 Å². The molecule has 1 heterocycles. The van der Waals surface area contributed by atoms with Gasteiger partial charge in [0.25, 0.3) is 0 Å². The molecule has 0 aromatic heterocycles. The third-order valence-corrected chi connectivity index (χ3v) is 4.31. The van der Waals surface area contributed by atoms with E-state index in [-0.39, 0.29) is 5.75 Å². The number of allylic oxidation sites excluding steroid dienone is 2. The van der Waals surface area contributed by atoms with Crippen molar-refractivity contribution < 1.29 is 5.11 Å². The van der Waals surface area contributed by atoms with Crippen molar-refractivity contribution in [2.75, 3.05) is 33.2 Å². The second kappa shape index (κ2) is 9.79. The summed E-state index contributed by atoms with van der Waals surface area (Å²) in [5, 5.41) is 22.8. The van der Waals surface area contributed by atoms with Crippen molar-refractivity contribution in [1.29, 1.82) is 0 Å². The quantitative estimate of drug-likeness (QED) is 0.469. The lowest BCUT2D eigenvalue weighted by Gasteiger charge is -2.33. The van der Waals surface area contributed by atoms with Gasteiger partial charge in [-0.05, 0) is 44.4 Å². The van der Waals surface area contributed by atoms with Gasteiger partial charge in [0.05, 0.1) is 0 Å². The van der Waals surface area contributed by atoms with Gasteiger partial charge in [-0.15, -0.1) is 5.10 Å². The fourth-order valence-electron chi connectivity index (χ4n) is 2.51. The van der Waals surface area contributed by atoms with E-state index in [0.717, 1.165) is 26.2 Å². The number of likely N-dealkylation sites (N-methyl/N-ethyl adjacent to an activating group) is 1. The zero-order chi connectivity index (χ0) is 18.9. The molecule has 2 N–H and O–H groups in total. The summed E-state index contributed by atoms with van der Waals surface area (Å²) in [6, 6.07) is 6.92. The molecule has 0 saturated carbocycles. The van der Waals surface area contributed by atoms with Crippen molar-refractivity contribution in [2.45, 2.75) is 6.92 Å². The van der Waals surface area contributed by atoms with Crippen molar-refractivity contribution in [3.8, 4) is 5.75 Å². The Morgan fingerprint density at radius 1 is 1.27 bits per heavy atom. The molecule has 1 aliphatic rings. The van der Waals surface area contributed by atoms with E-state index in [4.69, 9.17) is 12.2 Å². The second-order valence-corrected chi connectivity index (χ2v) is 6.20.